The van der Waals surface area contributed by atoms with Crippen molar-refractivity contribution >= 4 is 32.8 Å². The normalized spacial score (nSPS) is 12.8. The second kappa shape index (κ2) is 5.14. The summed E-state index contributed by atoms with van der Waals surface area (Å²) in [5.41, 5.74) is 2.27. The predicted octanol–water partition coefficient (Wildman–Crippen LogP) is 4.00. The molecule has 0 radical (unpaired) electrons. The Hall–Kier alpha value is -1.29. The minimum Gasteiger partial charge on any atom is -0.481 e. The number of fused-ring (bicyclic) bond motifs is 1. The summed E-state index contributed by atoms with van der Waals surface area (Å²) in [6.07, 6.45) is 2.24. The summed E-state index contributed by atoms with van der Waals surface area (Å²) in [6.45, 7) is 4.94. The standard InChI is InChI=1S/C14H16BrNO2/c1-3-16-8-12(9(2)6-14(17)18)11-7-10(15)4-5-13(11)16/h4-5,7-9H,3,6H2,1-2H3,(H,17,18). The van der Waals surface area contributed by atoms with Gasteiger partial charge in [-0.05, 0) is 36.6 Å². The van der Waals surface area contributed by atoms with E-state index in [0.717, 1.165) is 27.5 Å². The minimum atomic E-state index is -0.755. The number of halogens is 1. The highest BCUT2D eigenvalue weighted by molar-refractivity contribution is 9.10. The molecule has 2 rings (SSSR count). The molecule has 1 N–H and O–H groups in total. The summed E-state index contributed by atoms with van der Waals surface area (Å²) in [4.78, 5) is 10.8. The molecule has 0 fully saturated rings. The molecule has 1 unspecified atom stereocenters. The fraction of sp³-hybridized carbons (Fsp3) is 0.357. The molecule has 0 spiro atoms. The lowest BCUT2D eigenvalue weighted by Gasteiger charge is -2.07. The first kappa shape index (κ1) is 13.1. The van der Waals surface area contributed by atoms with Gasteiger partial charge in [0.15, 0.2) is 0 Å². The van der Waals surface area contributed by atoms with Gasteiger partial charge in [-0.1, -0.05) is 22.9 Å². The van der Waals surface area contributed by atoms with Crippen LogP contribution < -0.4 is 0 Å². The van der Waals surface area contributed by atoms with E-state index in [4.69, 9.17) is 5.11 Å². The number of rotatable bonds is 4. The predicted molar refractivity (Wildman–Crippen MR) is 76.0 cm³/mol. The van der Waals surface area contributed by atoms with Gasteiger partial charge >= 0.3 is 5.97 Å². The molecule has 0 bridgehead atoms. The summed E-state index contributed by atoms with van der Waals surface area (Å²) in [7, 11) is 0. The number of hydrogen-bond acceptors (Lipinski definition) is 1. The van der Waals surface area contributed by atoms with Crippen molar-refractivity contribution in [2.45, 2.75) is 32.7 Å². The number of carboxylic acid groups (broad SMARTS) is 1. The lowest BCUT2D eigenvalue weighted by atomic mass is 9.97. The second-order valence-electron chi connectivity index (χ2n) is 4.53. The van der Waals surface area contributed by atoms with E-state index in [1.165, 1.54) is 0 Å². The minimum absolute atomic E-state index is 0.0205. The Balaban J connectivity index is 2.55. The maximum atomic E-state index is 10.8. The summed E-state index contributed by atoms with van der Waals surface area (Å²) >= 11 is 3.47. The topological polar surface area (TPSA) is 42.2 Å². The quantitative estimate of drug-likeness (QED) is 0.927. The first-order chi connectivity index (χ1) is 8.52. The van der Waals surface area contributed by atoms with E-state index in [2.05, 4.69) is 45.8 Å². The van der Waals surface area contributed by atoms with Crippen LogP contribution in [0.3, 0.4) is 0 Å². The van der Waals surface area contributed by atoms with Crippen molar-refractivity contribution in [3.8, 4) is 0 Å². The van der Waals surface area contributed by atoms with Gasteiger partial charge in [0.2, 0.25) is 0 Å². The lowest BCUT2D eigenvalue weighted by Crippen LogP contribution is -2.02. The molecule has 18 heavy (non-hydrogen) atoms. The Morgan fingerprint density at radius 1 is 1.50 bits per heavy atom. The van der Waals surface area contributed by atoms with Crippen LogP contribution in [0.4, 0.5) is 0 Å². The molecule has 0 aliphatic heterocycles. The van der Waals surface area contributed by atoms with E-state index >= 15 is 0 Å². The number of aliphatic carboxylic acids is 1. The fourth-order valence-electron chi connectivity index (χ4n) is 2.32. The van der Waals surface area contributed by atoms with Gasteiger partial charge in [0.1, 0.15) is 0 Å². The van der Waals surface area contributed by atoms with Crippen LogP contribution in [0.1, 0.15) is 31.7 Å². The molecule has 0 amide bonds. The molecule has 2 aromatic rings. The number of aryl methyl sites for hydroxylation is 1. The monoisotopic (exact) mass is 309 g/mol. The van der Waals surface area contributed by atoms with Gasteiger partial charge < -0.3 is 9.67 Å². The molecule has 1 heterocycles. The van der Waals surface area contributed by atoms with Gasteiger partial charge in [0, 0.05) is 28.1 Å². The van der Waals surface area contributed by atoms with Crippen molar-refractivity contribution in [3.63, 3.8) is 0 Å². The molecule has 1 aromatic heterocycles. The van der Waals surface area contributed by atoms with Crippen LogP contribution in [0.2, 0.25) is 0 Å². The van der Waals surface area contributed by atoms with E-state index in [1.54, 1.807) is 0 Å². The molecule has 4 heteroatoms. The van der Waals surface area contributed by atoms with Crippen molar-refractivity contribution in [1.82, 2.24) is 4.57 Å². The summed E-state index contributed by atoms with van der Waals surface area (Å²) < 4.78 is 3.18. The summed E-state index contributed by atoms with van der Waals surface area (Å²) in [6, 6.07) is 6.15. The van der Waals surface area contributed by atoms with E-state index in [1.807, 2.05) is 13.0 Å². The number of benzene rings is 1. The van der Waals surface area contributed by atoms with Gasteiger partial charge in [-0.3, -0.25) is 4.79 Å². The maximum absolute atomic E-state index is 10.8. The van der Waals surface area contributed by atoms with Crippen LogP contribution in [0, 0.1) is 0 Å². The van der Waals surface area contributed by atoms with Crippen LogP contribution in [0.15, 0.2) is 28.9 Å². The van der Waals surface area contributed by atoms with Crippen molar-refractivity contribution < 1.29 is 9.90 Å². The van der Waals surface area contributed by atoms with Crippen molar-refractivity contribution in [2.75, 3.05) is 0 Å². The van der Waals surface area contributed by atoms with Gasteiger partial charge in [-0.15, -0.1) is 0 Å². The molecular weight excluding hydrogens is 294 g/mol. The smallest absolute Gasteiger partial charge is 0.303 e. The zero-order chi connectivity index (χ0) is 13.3. The molecule has 0 saturated carbocycles. The van der Waals surface area contributed by atoms with Crippen LogP contribution >= 0.6 is 15.9 Å². The average Bonchev–Trinajstić information content (AvgIpc) is 2.66. The number of hydrogen-bond donors (Lipinski definition) is 1. The summed E-state index contributed by atoms with van der Waals surface area (Å²) in [5.74, 6) is -0.734. The van der Waals surface area contributed by atoms with Crippen molar-refractivity contribution in [3.05, 3.63) is 34.4 Å². The molecule has 96 valence electrons. The molecule has 0 aliphatic carbocycles. The highest BCUT2D eigenvalue weighted by Crippen LogP contribution is 2.31. The number of carbonyl (C=O) groups is 1. The molecule has 0 saturated heterocycles. The Morgan fingerprint density at radius 2 is 2.22 bits per heavy atom. The van der Waals surface area contributed by atoms with Crippen LogP contribution in [-0.4, -0.2) is 15.6 Å². The third-order valence-corrected chi connectivity index (χ3v) is 3.72. The highest BCUT2D eigenvalue weighted by Gasteiger charge is 2.16. The number of nitrogens with zero attached hydrogens (tertiary/aromatic N) is 1. The highest BCUT2D eigenvalue weighted by atomic mass is 79.9. The molecular formula is C14H16BrNO2. The van der Waals surface area contributed by atoms with Gasteiger partial charge in [-0.2, -0.15) is 0 Å². The Kier molecular flexibility index (Phi) is 3.76. The third-order valence-electron chi connectivity index (χ3n) is 3.23. The summed E-state index contributed by atoms with van der Waals surface area (Å²) in [5, 5.41) is 10.1. The molecule has 1 atom stereocenters. The molecule has 1 aromatic carbocycles. The second-order valence-corrected chi connectivity index (χ2v) is 5.45. The molecule has 3 nitrogen and oxygen atoms in total. The third kappa shape index (κ3) is 2.43. The van der Waals surface area contributed by atoms with E-state index in [9.17, 15) is 4.79 Å². The fourth-order valence-corrected chi connectivity index (χ4v) is 2.68. The van der Waals surface area contributed by atoms with Crippen LogP contribution in [0.5, 0.6) is 0 Å². The zero-order valence-corrected chi connectivity index (χ0v) is 12.1. The average molecular weight is 310 g/mol. The lowest BCUT2D eigenvalue weighted by molar-refractivity contribution is -0.137. The van der Waals surface area contributed by atoms with Crippen molar-refractivity contribution in [2.24, 2.45) is 0 Å². The van der Waals surface area contributed by atoms with Gasteiger partial charge in [0.05, 0.1) is 6.42 Å². The van der Waals surface area contributed by atoms with E-state index < -0.39 is 5.97 Å². The SMILES string of the molecule is CCn1cc(C(C)CC(=O)O)c2cc(Br)ccc21. The van der Waals surface area contributed by atoms with Crippen LogP contribution in [0.25, 0.3) is 10.9 Å². The van der Waals surface area contributed by atoms with Crippen LogP contribution in [-0.2, 0) is 11.3 Å². The number of carboxylic acids is 1. The first-order valence-corrected chi connectivity index (χ1v) is 6.82. The van der Waals surface area contributed by atoms with Gasteiger partial charge in [-0.25, -0.2) is 0 Å². The zero-order valence-electron chi connectivity index (χ0n) is 10.5. The van der Waals surface area contributed by atoms with Gasteiger partial charge in [0.25, 0.3) is 0 Å². The van der Waals surface area contributed by atoms with E-state index in [0.29, 0.717) is 0 Å². The maximum Gasteiger partial charge on any atom is 0.303 e. The first-order valence-electron chi connectivity index (χ1n) is 6.03. The Morgan fingerprint density at radius 3 is 2.83 bits per heavy atom. The van der Waals surface area contributed by atoms with E-state index in [-0.39, 0.29) is 12.3 Å². The number of aromatic nitrogens is 1. The Bertz CT molecular complexity index is 589. The Labute approximate surface area is 115 Å². The largest absolute Gasteiger partial charge is 0.481 e. The van der Waals surface area contributed by atoms with Crippen molar-refractivity contribution in [1.29, 1.82) is 0 Å². The molecule has 0 aliphatic rings.